The van der Waals surface area contributed by atoms with E-state index in [9.17, 15) is 0 Å². The Labute approximate surface area is 133 Å². The Bertz CT molecular complexity index is 732. The summed E-state index contributed by atoms with van der Waals surface area (Å²) in [6, 6.07) is 19.1. The van der Waals surface area contributed by atoms with Crippen LogP contribution in [0, 0.1) is 0 Å². The minimum Gasteiger partial charge on any atom is -0.306 e. The Morgan fingerprint density at radius 2 is 1.81 bits per heavy atom. The highest BCUT2D eigenvalue weighted by atomic mass is 79.9. The van der Waals surface area contributed by atoms with Gasteiger partial charge in [0.15, 0.2) is 0 Å². The lowest BCUT2D eigenvalue weighted by Gasteiger charge is -2.15. The standard InChI is InChI=1S/C18H17BrN2/c1-13(14-6-8-16(19)9-7-14)21-12-15-10-11-20-18-5-3-2-4-17(15)18/h2-11,13,21H,12H2,1H3/t13-/m1/s1. The second-order valence-corrected chi connectivity index (χ2v) is 6.06. The van der Waals surface area contributed by atoms with Crippen molar-refractivity contribution in [3.8, 4) is 0 Å². The van der Waals surface area contributed by atoms with Gasteiger partial charge in [-0.15, -0.1) is 0 Å². The highest BCUT2D eigenvalue weighted by molar-refractivity contribution is 9.10. The summed E-state index contributed by atoms with van der Waals surface area (Å²) in [7, 11) is 0. The van der Waals surface area contributed by atoms with Gasteiger partial charge in [0.2, 0.25) is 0 Å². The van der Waals surface area contributed by atoms with Gasteiger partial charge in [-0.3, -0.25) is 4.98 Å². The minimum atomic E-state index is 0.310. The minimum absolute atomic E-state index is 0.310. The van der Waals surface area contributed by atoms with E-state index in [2.05, 4.69) is 81.7 Å². The first-order chi connectivity index (χ1) is 10.2. The number of pyridine rings is 1. The van der Waals surface area contributed by atoms with Crippen LogP contribution in [0.1, 0.15) is 24.1 Å². The lowest BCUT2D eigenvalue weighted by molar-refractivity contribution is 0.576. The van der Waals surface area contributed by atoms with Gasteiger partial charge in [-0.2, -0.15) is 0 Å². The molecule has 0 unspecified atom stereocenters. The number of para-hydroxylation sites is 1. The van der Waals surface area contributed by atoms with Crippen LogP contribution in [0.25, 0.3) is 10.9 Å². The van der Waals surface area contributed by atoms with Gasteiger partial charge in [0.1, 0.15) is 0 Å². The second kappa shape index (κ2) is 6.37. The van der Waals surface area contributed by atoms with E-state index in [1.54, 1.807) is 0 Å². The number of rotatable bonds is 4. The molecule has 0 spiro atoms. The number of hydrogen-bond acceptors (Lipinski definition) is 2. The molecular weight excluding hydrogens is 324 g/mol. The van der Waals surface area contributed by atoms with Crippen LogP contribution in [0.4, 0.5) is 0 Å². The van der Waals surface area contributed by atoms with Crippen molar-refractivity contribution in [1.82, 2.24) is 10.3 Å². The van der Waals surface area contributed by atoms with Crippen molar-refractivity contribution >= 4 is 26.8 Å². The average molecular weight is 341 g/mol. The molecule has 0 aliphatic heterocycles. The van der Waals surface area contributed by atoms with E-state index < -0.39 is 0 Å². The third-order valence-electron chi connectivity index (χ3n) is 3.71. The summed E-state index contributed by atoms with van der Waals surface area (Å²) >= 11 is 3.47. The molecule has 1 N–H and O–H groups in total. The van der Waals surface area contributed by atoms with Gasteiger partial charge in [-0.25, -0.2) is 0 Å². The highest BCUT2D eigenvalue weighted by Gasteiger charge is 2.06. The highest BCUT2D eigenvalue weighted by Crippen LogP contribution is 2.19. The molecule has 0 aliphatic carbocycles. The van der Waals surface area contributed by atoms with Crippen LogP contribution in [0.5, 0.6) is 0 Å². The van der Waals surface area contributed by atoms with Gasteiger partial charge in [-0.05, 0) is 42.3 Å². The van der Waals surface area contributed by atoms with Gasteiger partial charge >= 0.3 is 0 Å². The molecule has 0 aliphatic rings. The first kappa shape index (κ1) is 14.2. The molecule has 0 saturated heterocycles. The molecule has 2 nitrogen and oxygen atoms in total. The number of fused-ring (bicyclic) bond motifs is 1. The fraction of sp³-hybridized carbons (Fsp3) is 0.167. The van der Waals surface area contributed by atoms with E-state index in [0.29, 0.717) is 6.04 Å². The van der Waals surface area contributed by atoms with Gasteiger partial charge in [0, 0.05) is 28.6 Å². The van der Waals surface area contributed by atoms with Crippen molar-refractivity contribution in [2.24, 2.45) is 0 Å². The van der Waals surface area contributed by atoms with Crippen LogP contribution in [0.3, 0.4) is 0 Å². The molecule has 0 saturated carbocycles. The molecule has 1 heterocycles. The molecule has 3 aromatic rings. The Balaban J connectivity index is 1.76. The molecule has 3 rings (SSSR count). The molecule has 21 heavy (non-hydrogen) atoms. The lowest BCUT2D eigenvalue weighted by Crippen LogP contribution is -2.18. The van der Waals surface area contributed by atoms with Crippen LogP contribution in [-0.2, 0) is 6.54 Å². The maximum Gasteiger partial charge on any atom is 0.0705 e. The average Bonchev–Trinajstić information content (AvgIpc) is 2.53. The first-order valence-electron chi connectivity index (χ1n) is 7.05. The van der Waals surface area contributed by atoms with Gasteiger partial charge in [-0.1, -0.05) is 46.3 Å². The Morgan fingerprint density at radius 3 is 2.62 bits per heavy atom. The second-order valence-electron chi connectivity index (χ2n) is 5.14. The van der Waals surface area contributed by atoms with Gasteiger partial charge in [0.25, 0.3) is 0 Å². The van der Waals surface area contributed by atoms with E-state index in [1.165, 1.54) is 16.5 Å². The molecule has 0 amide bonds. The summed E-state index contributed by atoms with van der Waals surface area (Å²) in [6.45, 7) is 3.02. The van der Waals surface area contributed by atoms with E-state index in [-0.39, 0.29) is 0 Å². The predicted octanol–water partition coefficient (Wildman–Crippen LogP) is 4.85. The van der Waals surface area contributed by atoms with Crippen molar-refractivity contribution in [2.75, 3.05) is 0 Å². The SMILES string of the molecule is C[C@@H](NCc1ccnc2ccccc12)c1ccc(Br)cc1. The monoisotopic (exact) mass is 340 g/mol. The van der Waals surface area contributed by atoms with Crippen molar-refractivity contribution in [2.45, 2.75) is 19.5 Å². The molecule has 106 valence electrons. The largest absolute Gasteiger partial charge is 0.306 e. The summed E-state index contributed by atoms with van der Waals surface area (Å²) in [6.07, 6.45) is 1.88. The van der Waals surface area contributed by atoms with E-state index in [0.717, 1.165) is 16.5 Å². The van der Waals surface area contributed by atoms with Crippen molar-refractivity contribution < 1.29 is 0 Å². The maximum absolute atomic E-state index is 4.40. The number of nitrogens with zero attached hydrogens (tertiary/aromatic N) is 1. The Kier molecular flexibility index (Phi) is 4.32. The summed E-state index contributed by atoms with van der Waals surface area (Å²) in [5, 5.41) is 4.80. The summed E-state index contributed by atoms with van der Waals surface area (Å²) < 4.78 is 1.11. The van der Waals surface area contributed by atoms with Crippen molar-refractivity contribution in [3.63, 3.8) is 0 Å². The summed E-state index contributed by atoms with van der Waals surface area (Å²) in [5.74, 6) is 0. The van der Waals surface area contributed by atoms with Crippen molar-refractivity contribution in [3.05, 3.63) is 76.4 Å². The smallest absolute Gasteiger partial charge is 0.0705 e. The third kappa shape index (κ3) is 3.31. The summed E-state index contributed by atoms with van der Waals surface area (Å²) in [5.41, 5.74) is 3.62. The van der Waals surface area contributed by atoms with Crippen LogP contribution < -0.4 is 5.32 Å². The number of aromatic nitrogens is 1. The molecule has 1 aromatic heterocycles. The number of nitrogens with one attached hydrogen (secondary N) is 1. The lowest BCUT2D eigenvalue weighted by atomic mass is 10.1. The Hall–Kier alpha value is -1.71. The van der Waals surface area contributed by atoms with E-state index in [1.807, 2.05) is 12.3 Å². The number of hydrogen-bond donors (Lipinski definition) is 1. The number of halogens is 1. The van der Waals surface area contributed by atoms with Gasteiger partial charge in [0.05, 0.1) is 5.52 Å². The molecule has 3 heteroatoms. The van der Waals surface area contributed by atoms with Crippen LogP contribution >= 0.6 is 15.9 Å². The van der Waals surface area contributed by atoms with E-state index >= 15 is 0 Å². The fourth-order valence-electron chi connectivity index (χ4n) is 2.44. The molecule has 0 radical (unpaired) electrons. The topological polar surface area (TPSA) is 24.9 Å². The quantitative estimate of drug-likeness (QED) is 0.734. The Morgan fingerprint density at radius 1 is 1.05 bits per heavy atom. The maximum atomic E-state index is 4.40. The zero-order valence-corrected chi connectivity index (χ0v) is 13.5. The van der Waals surface area contributed by atoms with Crippen LogP contribution in [0.15, 0.2) is 65.3 Å². The number of benzene rings is 2. The molecule has 0 bridgehead atoms. The van der Waals surface area contributed by atoms with Gasteiger partial charge < -0.3 is 5.32 Å². The molecule has 1 atom stereocenters. The fourth-order valence-corrected chi connectivity index (χ4v) is 2.71. The molecule has 0 fully saturated rings. The zero-order valence-electron chi connectivity index (χ0n) is 11.9. The molecule has 2 aromatic carbocycles. The first-order valence-corrected chi connectivity index (χ1v) is 7.85. The predicted molar refractivity (Wildman–Crippen MR) is 91.1 cm³/mol. The van der Waals surface area contributed by atoms with Crippen LogP contribution in [-0.4, -0.2) is 4.98 Å². The normalized spacial score (nSPS) is 12.5. The zero-order chi connectivity index (χ0) is 14.7. The summed E-state index contributed by atoms with van der Waals surface area (Å²) in [4.78, 5) is 4.40. The van der Waals surface area contributed by atoms with Crippen molar-refractivity contribution in [1.29, 1.82) is 0 Å². The molecular formula is C18H17BrN2. The van der Waals surface area contributed by atoms with Crippen LogP contribution in [0.2, 0.25) is 0 Å². The third-order valence-corrected chi connectivity index (χ3v) is 4.24. The van der Waals surface area contributed by atoms with E-state index in [4.69, 9.17) is 0 Å².